The Hall–Kier alpha value is -1.49. The normalized spacial score (nSPS) is 24.8. The molecule has 130 valence electrons. The summed E-state index contributed by atoms with van der Waals surface area (Å²) >= 11 is 1.60. The molecule has 0 spiro atoms. The van der Waals surface area contributed by atoms with E-state index in [2.05, 4.69) is 5.32 Å². The number of fused-ring (bicyclic) bond motifs is 2. The summed E-state index contributed by atoms with van der Waals surface area (Å²) < 4.78 is 0. The molecule has 2 bridgehead atoms. The molecule has 4 nitrogen and oxygen atoms in total. The van der Waals surface area contributed by atoms with Gasteiger partial charge in [0.05, 0.1) is 12.2 Å². The number of benzene rings is 1. The predicted molar refractivity (Wildman–Crippen MR) is 98.0 cm³/mol. The van der Waals surface area contributed by atoms with Crippen LogP contribution in [0.2, 0.25) is 0 Å². The van der Waals surface area contributed by atoms with E-state index in [0.717, 1.165) is 22.4 Å². The third-order valence-corrected chi connectivity index (χ3v) is 6.30. The van der Waals surface area contributed by atoms with Crippen LogP contribution in [0, 0.1) is 17.8 Å². The number of carbonyl (C=O) groups excluding carboxylic acids is 2. The Morgan fingerprint density at radius 3 is 2.71 bits per heavy atom. The fourth-order valence-corrected chi connectivity index (χ4v) is 4.80. The van der Waals surface area contributed by atoms with Crippen LogP contribution in [0.5, 0.6) is 0 Å². The van der Waals surface area contributed by atoms with Crippen LogP contribution >= 0.6 is 11.8 Å². The Morgan fingerprint density at radius 2 is 2.04 bits per heavy atom. The van der Waals surface area contributed by atoms with Gasteiger partial charge >= 0.3 is 0 Å². The molecular weight excluding hydrogens is 320 g/mol. The summed E-state index contributed by atoms with van der Waals surface area (Å²) in [5.74, 6) is 2.10. The van der Waals surface area contributed by atoms with Crippen molar-refractivity contribution >= 4 is 29.3 Å². The highest BCUT2D eigenvalue weighted by Crippen LogP contribution is 2.49. The minimum Gasteiger partial charge on any atom is -0.336 e. The maximum absolute atomic E-state index is 12.4. The van der Waals surface area contributed by atoms with Crippen LogP contribution in [0.4, 0.5) is 5.69 Å². The van der Waals surface area contributed by atoms with E-state index in [-0.39, 0.29) is 18.4 Å². The Labute approximate surface area is 148 Å². The first kappa shape index (κ1) is 17.3. The van der Waals surface area contributed by atoms with Gasteiger partial charge in [0, 0.05) is 18.4 Å². The van der Waals surface area contributed by atoms with Gasteiger partial charge in [-0.15, -0.1) is 11.8 Å². The second-order valence-electron chi connectivity index (χ2n) is 7.14. The van der Waals surface area contributed by atoms with E-state index in [1.807, 2.05) is 30.5 Å². The van der Waals surface area contributed by atoms with E-state index in [0.29, 0.717) is 12.3 Å². The first-order valence-corrected chi connectivity index (χ1v) is 9.96. The second-order valence-corrected chi connectivity index (χ2v) is 7.99. The summed E-state index contributed by atoms with van der Waals surface area (Å²) in [5.41, 5.74) is 0.809. The number of anilines is 1. The van der Waals surface area contributed by atoms with Crippen LogP contribution < -0.4 is 5.32 Å². The van der Waals surface area contributed by atoms with Crippen molar-refractivity contribution in [3.8, 4) is 0 Å². The van der Waals surface area contributed by atoms with Gasteiger partial charge in [0.2, 0.25) is 11.8 Å². The molecule has 1 aromatic rings. The molecule has 3 atom stereocenters. The monoisotopic (exact) mass is 346 g/mol. The van der Waals surface area contributed by atoms with E-state index >= 15 is 0 Å². The molecule has 2 aliphatic carbocycles. The molecule has 2 amide bonds. The van der Waals surface area contributed by atoms with Gasteiger partial charge in [0.1, 0.15) is 0 Å². The number of thioether (sulfide) groups is 1. The van der Waals surface area contributed by atoms with Crippen LogP contribution in [0.25, 0.3) is 0 Å². The van der Waals surface area contributed by atoms with Gasteiger partial charge in [-0.2, -0.15) is 0 Å². The van der Waals surface area contributed by atoms with Gasteiger partial charge < -0.3 is 10.2 Å². The topological polar surface area (TPSA) is 49.4 Å². The lowest BCUT2D eigenvalue weighted by Gasteiger charge is -2.24. The van der Waals surface area contributed by atoms with Crippen LogP contribution in [0.3, 0.4) is 0 Å². The molecule has 0 radical (unpaired) electrons. The zero-order chi connectivity index (χ0) is 17.1. The van der Waals surface area contributed by atoms with Crippen molar-refractivity contribution in [1.82, 2.24) is 4.90 Å². The van der Waals surface area contributed by atoms with Crippen molar-refractivity contribution in [3.63, 3.8) is 0 Å². The Bertz CT molecular complexity index is 619. The zero-order valence-electron chi connectivity index (χ0n) is 14.5. The van der Waals surface area contributed by atoms with E-state index in [1.54, 1.807) is 23.7 Å². The number of nitrogens with zero attached hydrogens (tertiary/aromatic N) is 1. The van der Waals surface area contributed by atoms with Crippen LogP contribution in [-0.2, 0) is 9.59 Å². The van der Waals surface area contributed by atoms with Gasteiger partial charge in [0.25, 0.3) is 0 Å². The number of carbonyl (C=O) groups is 2. The highest BCUT2D eigenvalue weighted by molar-refractivity contribution is 7.98. The number of rotatable bonds is 6. The fraction of sp³-hybridized carbons (Fsp3) is 0.579. The van der Waals surface area contributed by atoms with E-state index in [9.17, 15) is 9.59 Å². The molecule has 0 heterocycles. The van der Waals surface area contributed by atoms with Crippen molar-refractivity contribution in [2.24, 2.45) is 17.8 Å². The molecule has 1 N–H and O–H groups in total. The number of hydrogen-bond acceptors (Lipinski definition) is 3. The van der Waals surface area contributed by atoms with Crippen LogP contribution in [0.15, 0.2) is 29.2 Å². The maximum Gasteiger partial charge on any atom is 0.244 e. The number of para-hydroxylation sites is 1. The van der Waals surface area contributed by atoms with E-state index in [1.165, 1.54) is 25.7 Å². The Kier molecular flexibility index (Phi) is 5.49. The first-order chi connectivity index (χ1) is 11.6. The van der Waals surface area contributed by atoms with Gasteiger partial charge in [-0.05, 0) is 55.4 Å². The first-order valence-electron chi connectivity index (χ1n) is 8.73. The van der Waals surface area contributed by atoms with Crippen molar-refractivity contribution in [2.75, 3.05) is 25.2 Å². The summed E-state index contributed by atoms with van der Waals surface area (Å²) in [6.45, 7) is 0.113. The number of nitrogens with one attached hydrogen (secondary N) is 1. The molecule has 1 aromatic carbocycles. The standard InChI is InChI=1S/C19H26N2O2S/c1-21(19(23)11-15-10-13-7-8-14(15)9-13)12-18(22)20-16-5-3-4-6-17(16)24-2/h3-6,13-15H,7-12H2,1-2H3,(H,20,22)/t13-,14+,15+/m0/s1. The van der Waals surface area contributed by atoms with E-state index in [4.69, 9.17) is 0 Å². The minimum atomic E-state index is -0.139. The van der Waals surface area contributed by atoms with Gasteiger partial charge in [-0.3, -0.25) is 9.59 Å². The second kappa shape index (κ2) is 7.60. The molecule has 24 heavy (non-hydrogen) atoms. The molecular formula is C19H26N2O2S. The summed E-state index contributed by atoms with van der Waals surface area (Å²) in [6, 6.07) is 7.72. The molecule has 0 unspecified atom stereocenters. The van der Waals surface area contributed by atoms with Crippen molar-refractivity contribution in [2.45, 2.75) is 37.0 Å². The zero-order valence-corrected chi connectivity index (χ0v) is 15.3. The molecule has 3 rings (SSSR count). The SMILES string of the molecule is CSc1ccccc1NC(=O)CN(C)C(=O)C[C@H]1C[C@H]2CC[C@@H]1C2. The Morgan fingerprint density at radius 1 is 1.25 bits per heavy atom. The lowest BCUT2D eigenvalue weighted by Crippen LogP contribution is -2.36. The van der Waals surface area contributed by atoms with Gasteiger partial charge in [-0.1, -0.05) is 18.6 Å². The summed E-state index contributed by atoms with van der Waals surface area (Å²) in [6.07, 6.45) is 7.74. The molecule has 0 aromatic heterocycles. The molecule has 5 heteroatoms. The largest absolute Gasteiger partial charge is 0.336 e. The van der Waals surface area contributed by atoms with Crippen molar-refractivity contribution in [3.05, 3.63) is 24.3 Å². The molecule has 0 aliphatic heterocycles. The fourth-order valence-electron chi connectivity index (χ4n) is 4.25. The molecule has 2 saturated carbocycles. The van der Waals surface area contributed by atoms with Gasteiger partial charge in [0.15, 0.2) is 0 Å². The highest BCUT2D eigenvalue weighted by atomic mass is 32.2. The Balaban J connectivity index is 1.49. The quantitative estimate of drug-likeness (QED) is 0.800. The lowest BCUT2D eigenvalue weighted by atomic mass is 9.86. The summed E-state index contributed by atoms with van der Waals surface area (Å²) in [5, 5.41) is 2.91. The summed E-state index contributed by atoms with van der Waals surface area (Å²) in [4.78, 5) is 27.3. The molecule has 0 saturated heterocycles. The van der Waals surface area contributed by atoms with Crippen LogP contribution in [-0.4, -0.2) is 36.6 Å². The predicted octanol–water partition coefficient (Wildman–Crippen LogP) is 3.63. The van der Waals surface area contributed by atoms with Crippen LogP contribution in [0.1, 0.15) is 32.1 Å². The number of hydrogen-bond donors (Lipinski definition) is 1. The minimum absolute atomic E-state index is 0.0980. The number of amides is 2. The third-order valence-electron chi connectivity index (χ3n) is 5.51. The summed E-state index contributed by atoms with van der Waals surface area (Å²) in [7, 11) is 1.73. The average Bonchev–Trinajstić information content (AvgIpc) is 3.18. The van der Waals surface area contributed by atoms with Crippen molar-refractivity contribution in [1.29, 1.82) is 0 Å². The molecule has 2 aliphatic rings. The molecule has 2 fully saturated rings. The highest BCUT2D eigenvalue weighted by Gasteiger charge is 2.40. The smallest absolute Gasteiger partial charge is 0.244 e. The van der Waals surface area contributed by atoms with E-state index < -0.39 is 0 Å². The maximum atomic E-state index is 12.4. The lowest BCUT2D eigenvalue weighted by molar-refractivity contribution is -0.134. The average molecular weight is 346 g/mol. The van der Waals surface area contributed by atoms with Gasteiger partial charge in [-0.25, -0.2) is 0 Å². The third kappa shape index (κ3) is 3.94. The van der Waals surface area contributed by atoms with Crippen molar-refractivity contribution < 1.29 is 9.59 Å². The number of likely N-dealkylation sites (N-methyl/N-ethyl adjacent to an activating group) is 1.